The van der Waals surface area contributed by atoms with Crippen LogP contribution in [0.1, 0.15) is 43.6 Å². The highest BCUT2D eigenvalue weighted by Crippen LogP contribution is 2.14. The molecule has 0 amide bonds. The summed E-state index contributed by atoms with van der Waals surface area (Å²) in [5, 5.41) is 7.25. The lowest BCUT2D eigenvalue weighted by atomic mass is 10.1. The van der Waals surface area contributed by atoms with Crippen LogP contribution in [-0.2, 0) is 15.9 Å². The zero-order valence-electron chi connectivity index (χ0n) is 15.2. The van der Waals surface area contributed by atoms with Crippen molar-refractivity contribution in [1.82, 2.24) is 10.2 Å². The number of ether oxygens (including phenoxy) is 2. The third kappa shape index (κ3) is 6.87. The third-order valence-corrected chi connectivity index (χ3v) is 3.81. The third-order valence-electron chi connectivity index (χ3n) is 3.81. The summed E-state index contributed by atoms with van der Waals surface area (Å²) in [5.41, 5.74) is 5.82. The van der Waals surface area contributed by atoms with Gasteiger partial charge in [-0.2, -0.15) is 5.10 Å². The van der Waals surface area contributed by atoms with Crippen molar-refractivity contribution in [2.24, 2.45) is 0 Å². The van der Waals surface area contributed by atoms with Crippen LogP contribution in [0.25, 0.3) is 0 Å². The lowest BCUT2D eigenvalue weighted by molar-refractivity contribution is 0.215. The molecule has 0 atom stereocenters. The van der Waals surface area contributed by atoms with Crippen LogP contribution >= 0.6 is 0 Å². The minimum absolute atomic E-state index is 0.643. The fourth-order valence-electron chi connectivity index (χ4n) is 2.29. The van der Waals surface area contributed by atoms with Gasteiger partial charge in [0.05, 0.1) is 18.9 Å². The summed E-state index contributed by atoms with van der Waals surface area (Å²) in [5.74, 6) is 0.738. The Balaban J connectivity index is 2.28. The van der Waals surface area contributed by atoms with Crippen LogP contribution in [0, 0.1) is 13.8 Å². The normalized spacial score (nSPS) is 12.6. The van der Waals surface area contributed by atoms with Crippen LogP contribution < -0.4 is 0 Å². The van der Waals surface area contributed by atoms with Crippen LogP contribution in [0.5, 0.6) is 0 Å². The van der Waals surface area contributed by atoms with Gasteiger partial charge in [-0.1, -0.05) is 18.7 Å². The molecule has 1 rings (SSSR count). The number of aromatic nitrogens is 2. The molecule has 23 heavy (non-hydrogen) atoms. The van der Waals surface area contributed by atoms with E-state index in [1.165, 1.54) is 16.8 Å². The second kappa shape index (κ2) is 10.1. The van der Waals surface area contributed by atoms with Crippen molar-refractivity contribution < 1.29 is 9.47 Å². The minimum atomic E-state index is 0.643. The molecular weight excluding hydrogens is 288 g/mol. The quantitative estimate of drug-likeness (QED) is 0.395. The first-order valence-electron chi connectivity index (χ1n) is 8.11. The van der Waals surface area contributed by atoms with Gasteiger partial charge in [-0.15, -0.1) is 0 Å². The molecule has 0 saturated carbocycles. The van der Waals surface area contributed by atoms with Crippen LogP contribution in [-0.4, -0.2) is 30.5 Å². The second-order valence-corrected chi connectivity index (χ2v) is 5.94. The van der Waals surface area contributed by atoms with Crippen LogP contribution in [0.2, 0.25) is 0 Å². The van der Waals surface area contributed by atoms with Gasteiger partial charge in [0.15, 0.2) is 0 Å². The molecule has 0 aliphatic carbocycles. The molecule has 0 spiro atoms. The molecule has 1 aromatic rings. The molecule has 0 unspecified atom stereocenters. The van der Waals surface area contributed by atoms with E-state index in [2.05, 4.69) is 23.7 Å². The molecular formula is C19H30N2O2. The molecule has 4 nitrogen and oxygen atoms in total. The summed E-state index contributed by atoms with van der Waals surface area (Å²) >= 11 is 0. The summed E-state index contributed by atoms with van der Waals surface area (Å²) < 4.78 is 10.8. The molecule has 0 aliphatic rings. The van der Waals surface area contributed by atoms with Gasteiger partial charge >= 0.3 is 0 Å². The molecule has 0 aliphatic heterocycles. The summed E-state index contributed by atoms with van der Waals surface area (Å²) in [6.45, 7) is 13.5. The molecule has 0 radical (unpaired) electrons. The van der Waals surface area contributed by atoms with Crippen molar-refractivity contribution in [3.63, 3.8) is 0 Å². The van der Waals surface area contributed by atoms with Crippen molar-refractivity contribution in [3.8, 4) is 0 Å². The highest BCUT2D eigenvalue weighted by Gasteiger charge is 2.05. The van der Waals surface area contributed by atoms with Crippen LogP contribution in [0.4, 0.5) is 0 Å². The van der Waals surface area contributed by atoms with E-state index in [0.717, 1.165) is 36.3 Å². The number of aromatic amines is 1. The number of H-pyrrole nitrogens is 1. The Morgan fingerprint density at radius 2 is 1.96 bits per heavy atom. The number of methoxy groups -OCH3 is 1. The van der Waals surface area contributed by atoms with Crippen LogP contribution in [0.15, 0.2) is 35.6 Å². The van der Waals surface area contributed by atoms with Gasteiger partial charge in [0, 0.05) is 12.8 Å². The Morgan fingerprint density at radius 1 is 1.22 bits per heavy atom. The molecule has 0 saturated heterocycles. The van der Waals surface area contributed by atoms with E-state index in [9.17, 15) is 0 Å². The van der Waals surface area contributed by atoms with E-state index in [1.54, 1.807) is 7.11 Å². The van der Waals surface area contributed by atoms with Crippen LogP contribution in [0.3, 0.4) is 0 Å². The van der Waals surface area contributed by atoms with E-state index in [0.29, 0.717) is 13.2 Å². The standard InChI is InChI=1S/C19H30N2O2/c1-14(13-22-6)10-11-15(2)18(5)23-12-8-7-9-19-16(3)20-21-17(19)4/h10-11H,5,7-9,12-13H2,1-4,6H3,(H,20,21)/b14-10+,15-11-. The van der Waals surface area contributed by atoms with E-state index < -0.39 is 0 Å². The Morgan fingerprint density at radius 3 is 2.57 bits per heavy atom. The summed E-state index contributed by atoms with van der Waals surface area (Å²) in [4.78, 5) is 0. The van der Waals surface area contributed by atoms with Crippen molar-refractivity contribution in [2.45, 2.75) is 47.0 Å². The molecule has 1 heterocycles. The lowest BCUT2D eigenvalue weighted by Gasteiger charge is -2.09. The Labute approximate surface area is 140 Å². The fourth-order valence-corrected chi connectivity index (χ4v) is 2.29. The summed E-state index contributed by atoms with van der Waals surface area (Å²) in [6, 6.07) is 0. The number of nitrogens with zero attached hydrogens (tertiary/aromatic N) is 1. The molecule has 0 aromatic carbocycles. The van der Waals surface area contributed by atoms with Crippen molar-refractivity contribution in [2.75, 3.05) is 20.3 Å². The summed E-state index contributed by atoms with van der Waals surface area (Å²) in [7, 11) is 1.70. The number of nitrogens with one attached hydrogen (secondary N) is 1. The SMILES string of the molecule is C=C(OCCCCc1c(C)n[nH]c1C)/C(C)=C\C=C(/C)COC. The summed E-state index contributed by atoms with van der Waals surface area (Å²) in [6.07, 6.45) is 7.20. The first-order chi connectivity index (χ1) is 11.0. The van der Waals surface area contributed by atoms with Crippen molar-refractivity contribution in [3.05, 3.63) is 52.6 Å². The van der Waals surface area contributed by atoms with Gasteiger partial charge in [0.2, 0.25) is 0 Å². The predicted octanol–water partition coefficient (Wildman–Crippen LogP) is 4.42. The lowest BCUT2D eigenvalue weighted by Crippen LogP contribution is -1.97. The molecule has 0 bridgehead atoms. The number of allylic oxidation sites excluding steroid dienone is 3. The molecule has 1 aromatic heterocycles. The van der Waals surface area contributed by atoms with E-state index in [1.807, 2.05) is 32.9 Å². The maximum absolute atomic E-state index is 5.73. The van der Waals surface area contributed by atoms with E-state index in [-0.39, 0.29) is 0 Å². The first-order valence-corrected chi connectivity index (χ1v) is 8.11. The zero-order chi connectivity index (χ0) is 17.2. The minimum Gasteiger partial charge on any atom is -0.494 e. The van der Waals surface area contributed by atoms with E-state index in [4.69, 9.17) is 9.47 Å². The van der Waals surface area contributed by atoms with Gasteiger partial charge < -0.3 is 9.47 Å². The number of hydrogen-bond donors (Lipinski definition) is 1. The largest absolute Gasteiger partial charge is 0.494 e. The van der Waals surface area contributed by atoms with Gasteiger partial charge in [-0.25, -0.2) is 0 Å². The smallest absolute Gasteiger partial charge is 0.115 e. The first kappa shape index (κ1) is 19.2. The number of hydrogen-bond acceptors (Lipinski definition) is 3. The number of unbranched alkanes of at least 4 members (excludes halogenated alkanes) is 1. The van der Waals surface area contributed by atoms with Crippen molar-refractivity contribution >= 4 is 0 Å². The van der Waals surface area contributed by atoms with Gasteiger partial charge in [0.1, 0.15) is 5.76 Å². The Bertz CT molecular complexity index is 548. The Hall–Kier alpha value is -1.81. The maximum atomic E-state index is 5.73. The van der Waals surface area contributed by atoms with Gasteiger partial charge in [-0.05, 0) is 63.7 Å². The Kier molecular flexibility index (Phi) is 8.41. The molecule has 128 valence electrons. The molecule has 0 fully saturated rings. The maximum Gasteiger partial charge on any atom is 0.115 e. The molecule has 4 heteroatoms. The highest BCUT2D eigenvalue weighted by molar-refractivity contribution is 5.27. The monoisotopic (exact) mass is 318 g/mol. The highest BCUT2D eigenvalue weighted by atomic mass is 16.5. The zero-order valence-corrected chi connectivity index (χ0v) is 15.2. The molecule has 1 N–H and O–H groups in total. The second-order valence-electron chi connectivity index (χ2n) is 5.94. The predicted molar refractivity (Wildman–Crippen MR) is 95.5 cm³/mol. The topological polar surface area (TPSA) is 47.1 Å². The van der Waals surface area contributed by atoms with Gasteiger partial charge in [-0.3, -0.25) is 5.10 Å². The number of aryl methyl sites for hydroxylation is 2. The van der Waals surface area contributed by atoms with Gasteiger partial charge in [0.25, 0.3) is 0 Å². The average Bonchev–Trinajstić information content (AvgIpc) is 2.83. The fraction of sp³-hybridized carbons (Fsp3) is 0.526. The average molecular weight is 318 g/mol. The van der Waals surface area contributed by atoms with E-state index >= 15 is 0 Å². The number of rotatable bonds is 10. The van der Waals surface area contributed by atoms with Crippen molar-refractivity contribution in [1.29, 1.82) is 0 Å².